The number of carbonyl (C=O) groups is 1. The van der Waals surface area contributed by atoms with Crippen LogP contribution in [-0.2, 0) is 4.79 Å². The molecule has 0 atom stereocenters. The van der Waals surface area contributed by atoms with Crippen LogP contribution in [0.25, 0.3) is 11.4 Å². The molecule has 0 aliphatic carbocycles. The molecule has 102 valence electrons. The zero-order valence-electron chi connectivity index (χ0n) is 10.7. The monoisotopic (exact) mass is 281 g/mol. The molecule has 0 saturated carbocycles. The van der Waals surface area contributed by atoms with Gasteiger partial charge < -0.3 is 15.6 Å². The van der Waals surface area contributed by atoms with Crippen molar-refractivity contribution in [3.63, 3.8) is 0 Å². The van der Waals surface area contributed by atoms with Gasteiger partial charge in [0.1, 0.15) is 5.76 Å². The summed E-state index contributed by atoms with van der Waals surface area (Å²) in [4.78, 5) is 11.4. The quantitative estimate of drug-likeness (QED) is 0.621. The fourth-order valence-corrected chi connectivity index (χ4v) is 2.24. The smallest absolute Gasteiger partial charge is 0.230 e. The maximum absolute atomic E-state index is 11.4. The van der Waals surface area contributed by atoms with Crippen molar-refractivity contribution in [3.8, 4) is 11.4 Å². The molecule has 0 saturated heterocycles. The summed E-state index contributed by atoms with van der Waals surface area (Å²) in [7, 11) is 0. The maximum atomic E-state index is 11.4. The molecule has 0 aromatic carbocycles. The second kappa shape index (κ2) is 5.79. The number of aryl methyl sites for hydroxylation is 1. The third-order valence-electron chi connectivity index (χ3n) is 2.47. The second-order valence-electron chi connectivity index (χ2n) is 3.81. The number of hydrogen-bond acceptors (Lipinski definition) is 6. The predicted molar refractivity (Wildman–Crippen MR) is 72.0 cm³/mol. The summed E-state index contributed by atoms with van der Waals surface area (Å²) in [5.74, 6) is 7.36. The largest absolute Gasteiger partial charge is 0.469 e. The lowest BCUT2D eigenvalue weighted by atomic mass is 10.2. The standard InChI is InChI=1S/C11H15N5O2S/c1-3-13-9(17)6-19-11-15-14-10(16(11)12)8-4-5-18-7(8)2/h4-5H,3,6,12H2,1-2H3,(H,13,17). The molecule has 0 unspecified atom stereocenters. The van der Waals surface area contributed by atoms with Crippen LogP contribution in [0.15, 0.2) is 21.9 Å². The lowest BCUT2D eigenvalue weighted by molar-refractivity contribution is -0.118. The van der Waals surface area contributed by atoms with E-state index in [1.54, 1.807) is 12.3 Å². The number of nitrogens with one attached hydrogen (secondary N) is 1. The highest BCUT2D eigenvalue weighted by Crippen LogP contribution is 2.24. The van der Waals surface area contributed by atoms with Gasteiger partial charge in [-0.25, -0.2) is 4.68 Å². The van der Waals surface area contributed by atoms with Crippen LogP contribution in [0.3, 0.4) is 0 Å². The van der Waals surface area contributed by atoms with Crippen LogP contribution < -0.4 is 11.2 Å². The van der Waals surface area contributed by atoms with Gasteiger partial charge in [0.05, 0.1) is 17.6 Å². The van der Waals surface area contributed by atoms with E-state index in [0.717, 1.165) is 11.3 Å². The summed E-state index contributed by atoms with van der Waals surface area (Å²) >= 11 is 1.24. The lowest BCUT2D eigenvalue weighted by Crippen LogP contribution is -2.24. The Morgan fingerprint density at radius 3 is 3.00 bits per heavy atom. The number of nitrogen functional groups attached to an aromatic ring is 1. The van der Waals surface area contributed by atoms with Gasteiger partial charge in [0.15, 0.2) is 5.82 Å². The fourth-order valence-electron chi connectivity index (χ4n) is 1.55. The van der Waals surface area contributed by atoms with Gasteiger partial charge >= 0.3 is 0 Å². The van der Waals surface area contributed by atoms with Gasteiger partial charge in [0, 0.05) is 6.54 Å². The summed E-state index contributed by atoms with van der Waals surface area (Å²) in [5, 5.41) is 11.2. The van der Waals surface area contributed by atoms with Crippen molar-refractivity contribution in [1.29, 1.82) is 0 Å². The van der Waals surface area contributed by atoms with E-state index in [1.165, 1.54) is 16.4 Å². The Hall–Kier alpha value is -1.96. The number of furan rings is 1. The molecular formula is C11H15N5O2S. The van der Waals surface area contributed by atoms with Crippen molar-refractivity contribution in [2.24, 2.45) is 0 Å². The molecule has 0 spiro atoms. The predicted octanol–water partition coefficient (Wildman–Crippen LogP) is 0.789. The number of nitrogens with two attached hydrogens (primary N) is 1. The first-order chi connectivity index (χ1) is 9.13. The summed E-state index contributed by atoms with van der Waals surface area (Å²) < 4.78 is 6.57. The zero-order chi connectivity index (χ0) is 13.8. The zero-order valence-corrected chi connectivity index (χ0v) is 11.5. The van der Waals surface area contributed by atoms with Crippen LogP contribution in [0.1, 0.15) is 12.7 Å². The highest BCUT2D eigenvalue weighted by molar-refractivity contribution is 7.99. The van der Waals surface area contributed by atoms with Crippen molar-refractivity contribution in [2.75, 3.05) is 18.1 Å². The third kappa shape index (κ3) is 2.90. The van der Waals surface area contributed by atoms with E-state index in [1.807, 2.05) is 13.8 Å². The normalized spacial score (nSPS) is 10.6. The first-order valence-electron chi connectivity index (χ1n) is 5.78. The van der Waals surface area contributed by atoms with E-state index < -0.39 is 0 Å². The number of hydrogen-bond donors (Lipinski definition) is 2. The van der Waals surface area contributed by atoms with Crippen LogP contribution in [0.2, 0.25) is 0 Å². The van der Waals surface area contributed by atoms with Gasteiger partial charge in [-0.2, -0.15) is 0 Å². The van der Waals surface area contributed by atoms with Crippen molar-refractivity contribution in [3.05, 3.63) is 18.1 Å². The van der Waals surface area contributed by atoms with E-state index in [2.05, 4.69) is 15.5 Å². The van der Waals surface area contributed by atoms with Gasteiger partial charge in [0.2, 0.25) is 11.1 Å². The van der Waals surface area contributed by atoms with E-state index >= 15 is 0 Å². The van der Waals surface area contributed by atoms with Crippen LogP contribution >= 0.6 is 11.8 Å². The van der Waals surface area contributed by atoms with E-state index in [0.29, 0.717) is 17.5 Å². The summed E-state index contributed by atoms with van der Waals surface area (Å²) in [6.07, 6.45) is 1.57. The minimum atomic E-state index is -0.0588. The Morgan fingerprint density at radius 1 is 1.58 bits per heavy atom. The molecule has 0 fully saturated rings. The Balaban J connectivity index is 2.11. The van der Waals surface area contributed by atoms with E-state index in [9.17, 15) is 4.79 Å². The topological polar surface area (TPSA) is 99.0 Å². The van der Waals surface area contributed by atoms with Crippen LogP contribution in [0, 0.1) is 6.92 Å². The molecule has 2 aromatic rings. The first kappa shape index (κ1) is 13.5. The molecule has 7 nitrogen and oxygen atoms in total. The molecule has 0 aliphatic rings. The van der Waals surface area contributed by atoms with Gasteiger partial charge in [0.25, 0.3) is 0 Å². The SMILES string of the molecule is CCNC(=O)CSc1nnc(-c2ccoc2C)n1N. The van der Waals surface area contributed by atoms with E-state index in [-0.39, 0.29) is 11.7 Å². The Morgan fingerprint density at radius 2 is 2.37 bits per heavy atom. The molecule has 1 amide bonds. The number of thioether (sulfide) groups is 1. The Kier molecular flexibility index (Phi) is 4.10. The number of carbonyl (C=O) groups excluding carboxylic acids is 1. The second-order valence-corrected chi connectivity index (χ2v) is 4.75. The summed E-state index contributed by atoms with van der Waals surface area (Å²) in [6, 6.07) is 1.78. The minimum Gasteiger partial charge on any atom is -0.469 e. The number of amides is 1. The molecular weight excluding hydrogens is 266 g/mol. The van der Waals surface area contributed by atoms with Crippen molar-refractivity contribution >= 4 is 17.7 Å². The Bertz CT molecular complexity index is 577. The summed E-state index contributed by atoms with van der Waals surface area (Å²) in [5.41, 5.74) is 0.792. The minimum absolute atomic E-state index is 0.0588. The molecule has 0 aliphatic heterocycles. The van der Waals surface area contributed by atoms with Crippen molar-refractivity contribution in [1.82, 2.24) is 20.2 Å². The molecule has 0 radical (unpaired) electrons. The molecule has 3 N–H and O–H groups in total. The molecule has 19 heavy (non-hydrogen) atoms. The maximum Gasteiger partial charge on any atom is 0.230 e. The molecule has 2 aromatic heterocycles. The van der Waals surface area contributed by atoms with Gasteiger partial charge in [-0.1, -0.05) is 11.8 Å². The summed E-state index contributed by atoms with van der Waals surface area (Å²) in [6.45, 7) is 4.30. The number of rotatable bonds is 5. The highest BCUT2D eigenvalue weighted by atomic mass is 32.2. The third-order valence-corrected chi connectivity index (χ3v) is 3.41. The average Bonchev–Trinajstić information content (AvgIpc) is 2.94. The lowest BCUT2D eigenvalue weighted by Gasteiger charge is -2.03. The van der Waals surface area contributed by atoms with Crippen LogP contribution in [-0.4, -0.2) is 33.1 Å². The number of aromatic nitrogens is 3. The van der Waals surface area contributed by atoms with Gasteiger partial charge in [-0.15, -0.1) is 10.2 Å². The van der Waals surface area contributed by atoms with Gasteiger partial charge in [-0.3, -0.25) is 4.79 Å². The fraction of sp³-hybridized carbons (Fsp3) is 0.364. The van der Waals surface area contributed by atoms with E-state index in [4.69, 9.17) is 10.3 Å². The molecule has 2 heterocycles. The molecule has 8 heteroatoms. The van der Waals surface area contributed by atoms with Crippen LogP contribution in [0.4, 0.5) is 0 Å². The Labute approximate surface area is 114 Å². The number of nitrogens with zero attached hydrogens (tertiary/aromatic N) is 3. The van der Waals surface area contributed by atoms with Gasteiger partial charge in [-0.05, 0) is 19.9 Å². The van der Waals surface area contributed by atoms with Crippen molar-refractivity contribution in [2.45, 2.75) is 19.0 Å². The molecule has 2 rings (SSSR count). The van der Waals surface area contributed by atoms with Crippen LogP contribution in [0.5, 0.6) is 0 Å². The highest BCUT2D eigenvalue weighted by Gasteiger charge is 2.16. The first-order valence-corrected chi connectivity index (χ1v) is 6.76. The average molecular weight is 281 g/mol. The van der Waals surface area contributed by atoms with Crippen molar-refractivity contribution < 1.29 is 9.21 Å². The molecule has 0 bridgehead atoms.